The molecule has 126 valence electrons. The first kappa shape index (κ1) is 14.1. The average Bonchev–Trinajstić information content (AvgIpc) is 3.21. The fourth-order valence-corrected chi connectivity index (χ4v) is 3.21. The molecule has 0 bridgehead atoms. The van der Waals surface area contributed by atoms with Crippen LogP contribution in [0.1, 0.15) is 0 Å². The molecule has 0 aliphatic carbocycles. The topological polar surface area (TPSA) is 93.2 Å². The van der Waals surface area contributed by atoms with Gasteiger partial charge < -0.3 is 14.4 Å². The van der Waals surface area contributed by atoms with E-state index in [2.05, 4.69) is 39.9 Å². The third-order valence-electron chi connectivity index (χ3n) is 4.72. The standard InChI is InChI=1S/C15H16N10/c1-22-8-19-11-12(22)17-7-18-13(11)23(2)10-5-25(6-10)14-15-21-20-9-24(15)4-3-16-14/h3-4,7-10H,5-6H2,1-2H3. The molecule has 0 unspecified atom stereocenters. The maximum absolute atomic E-state index is 4.46. The zero-order chi connectivity index (χ0) is 17.0. The summed E-state index contributed by atoms with van der Waals surface area (Å²) in [7, 11) is 3.98. The quantitative estimate of drug-likeness (QED) is 0.521. The molecule has 0 saturated carbocycles. The van der Waals surface area contributed by atoms with Crippen molar-refractivity contribution in [1.29, 1.82) is 0 Å². The molecule has 5 rings (SSSR count). The summed E-state index contributed by atoms with van der Waals surface area (Å²) in [6.07, 6.45) is 8.65. The van der Waals surface area contributed by atoms with E-state index in [0.29, 0.717) is 6.04 Å². The largest absolute Gasteiger partial charge is 0.351 e. The van der Waals surface area contributed by atoms with Gasteiger partial charge in [-0.25, -0.2) is 19.9 Å². The van der Waals surface area contributed by atoms with Crippen molar-refractivity contribution in [2.24, 2.45) is 7.05 Å². The number of hydrogen-bond acceptors (Lipinski definition) is 8. The fourth-order valence-electron chi connectivity index (χ4n) is 3.21. The van der Waals surface area contributed by atoms with Crippen molar-refractivity contribution in [1.82, 2.24) is 39.1 Å². The van der Waals surface area contributed by atoms with Crippen molar-refractivity contribution < 1.29 is 0 Å². The first-order valence-corrected chi connectivity index (χ1v) is 7.96. The van der Waals surface area contributed by atoms with E-state index in [-0.39, 0.29) is 0 Å². The highest BCUT2D eigenvalue weighted by Gasteiger charge is 2.34. The number of nitrogens with zero attached hydrogens (tertiary/aromatic N) is 10. The minimum atomic E-state index is 0.324. The molecular formula is C15H16N10. The van der Waals surface area contributed by atoms with Crippen molar-refractivity contribution in [3.63, 3.8) is 0 Å². The Hall–Kier alpha value is -3.30. The highest BCUT2D eigenvalue weighted by atomic mass is 15.4. The summed E-state index contributed by atoms with van der Waals surface area (Å²) in [4.78, 5) is 22.0. The van der Waals surface area contributed by atoms with Gasteiger partial charge in [0.1, 0.15) is 12.7 Å². The SMILES string of the molecule is CN(c1ncnc2c1ncn2C)C1CN(c2nccn3cnnc23)C1. The van der Waals surface area contributed by atoms with Gasteiger partial charge in [-0.3, -0.25) is 4.40 Å². The highest BCUT2D eigenvalue weighted by Crippen LogP contribution is 2.28. The lowest BCUT2D eigenvalue weighted by Crippen LogP contribution is -2.59. The molecule has 0 N–H and O–H groups in total. The van der Waals surface area contributed by atoms with Crippen molar-refractivity contribution >= 4 is 28.4 Å². The van der Waals surface area contributed by atoms with Crippen LogP contribution in [0.4, 0.5) is 11.6 Å². The molecule has 5 heterocycles. The molecular weight excluding hydrogens is 320 g/mol. The Morgan fingerprint density at radius 2 is 1.96 bits per heavy atom. The molecule has 1 fully saturated rings. The average molecular weight is 336 g/mol. The van der Waals surface area contributed by atoms with Gasteiger partial charge in [-0.15, -0.1) is 10.2 Å². The molecule has 0 radical (unpaired) electrons. The van der Waals surface area contributed by atoms with Gasteiger partial charge in [0.2, 0.25) is 5.65 Å². The Bertz CT molecular complexity index is 1060. The second-order valence-electron chi connectivity index (χ2n) is 6.21. The van der Waals surface area contributed by atoms with E-state index in [4.69, 9.17) is 0 Å². The lowest BCUT2D eigenvalue weighted by atomic mass is 10.1. The molecule has 1 aliphatic heterocycles. The zero-order valence-electron chi connectivity index (χ0n) is 13.9. The molecule has 4 aromatic heterocycles. The van der Waals surface area contributed by atoms with Crippen LogP contribution in [0.25, 0.3) is 16.8 Å². The van der Waals surface area contributed by atoms with Crippen molar-refractivity contribution in [3.05, 3.63) is 31.4 Å². The molecule has 0 amide bonds. The Kier molecular flexibility index (Phi) is 2.87. The Morgan fingerprint density at radius 3 is 2.84 bits per heavy atom. The number of aromatic nitrogens is 8. The molecule has 10 nitrogen and oxygen atoms in total. The molecule has 0 aromatic carbocycles. The van der Waals surface area contributed by atoms with Crippen LogP contribution < -0.4 is 9.80 Å². The Balaban J connectivity index is 1.40. The monoisotopic (exact) mass is 336 g/mol. The predicted octanol–water partition coefficient (Wildman–Crippen LogP) is 0.126. The number of aryl methyl sites for hydroxylation is 1. The molecule has 1 saturated heterocycles. The van der Waals surface area contributed by atoms with E-state index in [0.717, 1.165) is 41.5 Å². The van der Waals surface area contributed by atoms with Gasteiger partial charge in [-0.1, -0.05) is 0 Å². The van der Waals surface area contributed by atoms with Crippen LogP contribution in [0.3, 0.4) is 0 Å². The molecule has 0 atom stereocenters. The van der Waals surface area contributed by atoms with E-state index in [1.807, 2.05) is 29.3 Å². The third kappa shape index (κ3) is 2.03. The maximum atomic E-state index is 4.46. The minimum Gasteiger partial charge on any atom is -0.351 e. The molecule has 1 aliphatic rings. The van der Waals surface area contributed by atoms with E-state index in [9.17, 15) is 0 Å². The van der Waals surface area contributed by atoms with Crippen molar-refractivity contribution in [2.75, 3.05) is 29.9 Å². The van der Waals surface area contributed by atoms with Crippen LogP contribution in [0.5, 0.6) is 0 Å². The first-order chi connectivity index (χ1) is 12.2. The van der Waals surface area contributed by atoms with Crippen LogP contribution in [-0.2, 0) is 7.05 Å². The minimum absolute atomic E-state index is 0.324. The first-order valence-electron chi connectivity index (χ1n) is 7.96. The number of hydrogen-bond donors (Lipinski definition) is 0. The summed E-state index contributed by atoms with van der Waals surface area (Å²) in [6, 6.07) is 0.324. The van der Waals surface area contributed by atoms with Crippen LogP contribution in [0, 0.1) is 0 Å². The summed E-state index contributed by atoms with van der Waals surface area (Å²) < 4.78 is 3.78. The normalized spacial score (nSPS) is 15.0. The summed E-state index contributed by atoms with van der Waals surface area (Å²) >= 11 is 0. The number of imidazole rings is 1. The van der Waals surface area contributed by atoms with Gasteiger partial charge in [0, 0.05) is 39.6 Å². The smallest absolute Gasteiger partial charge is 0.203 e. The van der Waals surface area contributed by atoms with Crippen molar-refractivity contribution in [3.8, 4) is 0 Å². The van der Waals surface area contributed by atoms with Gasteiger partial charge in [0.15, 0.2) is 22.8 Å². The summed E-state index contributed by atoms with van der Waals surface area (Å²) in [6.45, 7) is 1.68. The van der Waals surface area contributed by atoms with Gasteiger partial charge in [0.25, 0.3) is 0 Å². The fraction of sp³-hybridized carbons (Fsp3) is 0.333. The molecule has 4 aromatic rings. The van der Waals surface area contributed by atoms with Crippen LogP contribution in [0.15, 0.2) is 31.4 Å². The lowest BCUT2D eigenvalue weighted by molar-refractivity contribution is 0.490. The van der Waals surface area contributed by atoms with Gasteiger partial charge in [-0.2, -0.15) is 0 Å². The molecule has 10 heteroatoms. The number of fused-ring (bicyclic) bond motifs is 2. The van der Waals surface area contributed by atoms with Gasteiger partial charge >= 0.3 is 0 Å². The van der Waals surface area contributed by atoms with Crippen LogP contribution in [0.2, 0.25) is 0 Å². The van der Waals surface area contributed by atoms with Crippen LogP contribution >= 0.6 is 0 Å². The predicted molar refractivity (Wildman–Crippen MR) is 91.5 cm³/mol. The number of rotatable bonds is 3. The highest BCUT2D eigenvalue weighted by molar-refractivity contribution is 5.83. The summed E-state index contributed by atoms with van der Waals surface area (Å²) in [5, 5.41) is 8.10. The third-order valence-corrected chi connectivity index (χ3v) is 4.72. The second-order valence-corrected chi connectivity index (χ2v) is 6.21. The zero-order valence-corrected chi connectivity index (χ0v) is 13.9. The van der Waals surface area contributed by atoms with Crippen LogP contribution in [-0.4, -0.2) is 65.3 Å². The van der Waals surface area contributed by atoms with E-state index >= 15 is 0 Å². The second kappa shape index (κ2) is 5.10. The van der Waals surface area contributed by atoms with Gasteiger partial charge in [0.05, 0.1) is 12.4 Å². The number of anilines is 2. The Labute approximate surface area is 142 Å². The van der Waals surface area contributed by atoms with Crippen molar-refractivity contribution in [2.45, 2.75) is 6.04 Å². The molecule has 25 heavy (non-hydrogen) atoms. The maximum Gasteiger partial charge on any atom is 0.203 e. The van der Waals surface area contributed by atoms with E-state index in [1.165, 1.54) is 0 Å². The summed E-state index contributed by atoms with van der Waals surface area (Å²) in [5.41, 5.74) is 2.43. The lowest BCUT2D eigenvalue weighted by Gasteiger charge is -2.44. The summed E-state index contributed by atoms with van der Waals surface area (Å²) in [5.74, 6) is 1.71. The number of likely N-dealkylation sites (N-methyl/N-ethyl adjacent to an activating group) is 1. The van der Waals surface area contributed by atoms with Gasteiger partial charge in [-0.05, 0) is 0 Å². The van der Waals surface area contributed by atoms with E-state index in [1.54, 1.807) is 25.2 Å². The Morgan fingerprint density at radius 1 is 1.08 bits per heavy atom. The van der Waals surface area contributed by atoms with E-state index < -0.39 is 0 Å². The molecule has 0 spiro atoms.